The lowest BCUT2D eigenvalue weighted by molar-refractivity contribution is -0.384. The van der Waals surface area contributed by atoms with Crippen LogP contribution in [0.4, 0.5) is 5.69 Å². The summed E-state index contributed by atoms with van der Waals surface area (Å²) in [6.07, 6.45) is 0. The van der Waals surface area contributed by atoms with Crippen LogP contribution in [0.15, 0.2) is 24.3 Å². The van der Waals surface area contributed by atoms with Crippen LogP contribution in [0.3, 0.4) is 0 Å². The summed E-state index contributed by atoms with van der Waals surface area (Å²) < 4.78 is 20.3. The number of carbonyl (C=O) groups is 1. The van der Waals surface area contributed by atoms with Crippen LogP contribution in [-0.2, 0) is 11.3 Å². The lowest BCUT2D eigenvalue weighted by Crippen LogP contribution is -2.24. The second-order valence-corrected chi connectivity index (χ2v) is 3.19. The maximum absolute atomic E-state index is 11.1. The quantitative estimate of drug-likeness (QED) is 0.445. The van der Waals surface area contributed by atoms with Gasteiger partial charge < -0.3 is 0 Å². The number of hydrogen-bond acceptors (Lipinski definition) is 4. The molecule has 0 heterocycles. The smallest absolute Gasteiger partial charge is 0.269 e. The van der Waals surface area contributed by atoms with Crippen LogP contribution in [0.5, 0.6) is 0 Å². The molecule has 7 nitrogen and oxygen atoms in total. The third-order valence-corrected chi connectivity index (χ3v) is 1.88. The molecule has 2 N–H and O–H groups in total. The van der Waals surface area contributed by atoms with Crippen LogP contribution < -0.4 is 4.72 Å². The van der Waals surface area contributed by atoms with E-state index in [0.29, 0.717) is 0 Å². The molecule has 0 aliphatic heterocycles. The number of rotatable bonds is 3. The van der Waals surface area contributed by atoms with Crippen molar-refractivity contribution < 1.29 is 18.5 Å². The summed E-state index contributed by atoms with van der Waals surface area (Å²) in [6, 6.07) is 4.66. The van der Waals surface area contributed by atoms with Crippen LogP contribution >= 0.6 is 0 Å². The molecule has 0 aliphatic carbocycles. The Kier molecular flexibility index (Phi) is 3.47. The first-order valence-electron chi connectivity index (χ1n) is 3.67. The summed E-state index contributed by atoms with van der Waals surface area (Å²) in [5.74, 6) is -0.772. The van der Waals surface area contributed by atoms with Gasteiger partial charge in [0.1, 0.15) is 0 Å². The fourth-order valence-electron chi connectivity index (χ4n) is 0.873. The topological polar surface area (TPSA) is 110 Å². The third kappa shape index (κ3) is 3.11. The minimum absolute atomic E-state index is 0.0722. The molecule has 0 spiro atoms. The van der Waals surface area contributed by atoms with E-state index in [2.05, 4.69) is 0 Å². The normalized spacial score (nSPS) is 11.8. The highest BCUT2D eigenvalue weighted by atomic mass is 32.2. The number of nitrogens with zero attached hydrogens (tertiary/aromatic N) is 1. The Hall–Kier alpha value is -1.80. The molecule has 1 amide bonds. The average Bonchev–Trinajstić information content (AvgIpc) is 2.17. The van der Waals surface area contributed by atoms with Gasteiger partial charge in [0.05, 0.1) is 4.92 Å². The van der Waals surface area contributed by atoms with Crippen molar-refractivity contribution in [2.45, 2.75) is 0 Å². The fraction of sp³-hybridized carbons (Fsp3) is 0. The highest BCUT2D eigenvalue weighted by molar-refractivity contribution is 7.77. The predicted octanol–water partition coefficient (Wildman–Crippen LogP) is 0.461. The standard InChI is InChI=1S/C7H6N2O5S/c10-7(8-15(13)14)5-1-3-6(4-2-5)9(11)12/h1-4H,(H,8,10)(H,13,14). The van der Waals surface area contributed by atoms with Crippen LogP contribution in [-0.4, -0.2) is 19.6 Å². The molecular formula is C7H6N2O5S. The monoisotopic (exact) mass is 230 g/mol. The van der Waals surface area contributed by atoms with Crippen molar-refractivity contribution in [3.8, 4) is 0 Å². The zero-order valence-electron chi connectivity index (χ0n) is 7.25. The van der Waals surface area contributed by atoms with E-state index in [0.717, 1.165) is 12.1 Å². The number of benzene rings is 1. The van der Waals surface area contributed by atoms with Crippen molar-refractivity contribution >= 4 is 22.9 Å². The van der Waals surface area contributed by atoms with Gasteiger partial charge in [-0.15, -0.1) is 0 Å². The van der Waals surface area contributed by atoms with E-state index >= 15 is 0 Å². The lowest BCUT2D eigenvalue weighted by atomic mass is 10.2. The van der Waals surface area contributed by atoms with Gasteiger partial charge in [-0.25, -0.2) is 8.93 Å². The molecule has 80 valence electrons. The zero-order valence-corrected chi connectivity index (χ0v) is 8.06. The van der Waals surface area contributed by atoms with Gasteiger partial charge in [0.15, 0.2) is 0 Å². The Balaban J connectivity index is 2.84. The van der Waals surface area contributed by atoms with Gasteiger partial charge >= 0.3 is 0 Å². The van der Waals surface area contributed by atoms with Crippen molar-refractivity contribution in [1.29, 1.82) is 0 Å². The zero-order chi connectivity index (χ0) is 11.4. The van der Waals surface area contributed by atoms with Crippen molar-refractivity contribution in [2.75, 3.05) is 0 Å². The van der Waals surface area contributed by atoms with E-state index in [9.17, 15) is 19.1 Å². The van der Waals surface area contributed by atoms with Gasteiger partial charge in [0, 0.05) is 17.7 Å². The molecule has 1 aromatic rings. The molecule has 0 saturated carbocycles. The second kappa shape index (κ2) is 4.62. The van der Waals surface area contributed by atoms with Crippen LogP contribution in [0.1, 0.15) is 10.4 Å². The Bertz CT molecular complexity index is 416. The molecule has 0 fully saturated rings. The van der Waals surface area contributed by atoms with E-state index in [4.69, 9.17) is 4.55 Å². The van der Waals surface area contributed by atoms with Gasteiger partial charge in [0.2, 0.25) is 0 Å². The highest BCUT2D eigenvalue weighted by Gasteiger charge is 2.10. The number of nitrogens with one attached hydrogen (secondary N) is 1. The molecule has 1 aromatic carbocycles. The summed E-state index contributed by atoms with van der Waals surface area (Å²) in [5.41, 5.74) is -0.0836. The van der Waals surface area contributed by atoms with Crippen LogP contribution in [0.25, 0.3) is 0 Å². The summed E-state index contributed by atoms with van der Waals surface area (Å²) in [5, 5.41) is 10.3. The molecule has 1 unspecified atom stereocenters. The van der Waals surface area contributed by atoms with E-state index in [-0.39, 0.29) is 11.3 Å². The molecule has 0 bridgehead atoms. The van der Waals surface area contributed by atoms with Gasteiger partial charge in [-0.3, -0.25) is 19.5 Å². The number of nitro benzene ring substituents is 1. The molecule has 1 atom stereocenters. The Morgan fingerprint density at radius 1 is 1.40 bits per heavy atom. The second-order valence-electron chi connectivity index (χ2n) is 2.48. The highest BCUT2D eigenvalue weighted by Crippen LogP contribution is 2.11. The molecular weight excluding hydrogens is 224 g/mol. The van der Waals surface area contributed by atoms with E-state index < -0.39 is 22.1 Å². The summed E-state index contributed by atoms with van der Waals surface area (Å²) >= 11 is -2.44. The fourth-order valence-corrected chi connectivity index (χ4v) is 1.15. The Morgan fingerprint density at radius 2 is 1.93 bits per heavy atom. The summed E-state index contributed by atoms with van der Waals surface area (Å²) in [6.45, 7) is 0. The minimum Gasteiger partial charge on any atom is -0.289 e. The number of hydrogen-bond donors (Lipinski definition) is 2. The summed E-state index contributed by atoms with van der Waals surface area (Å²) in [4.78, 5) is 20.8. The first-order chi connectivity index (χ1) is 7.00. The first-order valence-corrected chi connectivity index (χ1v) is 4.77. The number of nitro groups is 1. The van der Waals surface area contributed by atoms with Gasteiger partial charge in [-0.05, 0) is 12.1 Å². The SMILES string of the molecule is O=C(NS(=O)O)c1ccc([N+](=O)[O-])cc1. The van der Waals surface area contributed by atoms with Crippen molar-refractivity contribution in [1.82, 2.24) is 4.72 Å². The maximum Gasteiger partial charge on any atom is 0.269 e. The lowest BCUT2D eigenvalue weighted by Gasteiger charge is -1.99. The van der Waals surface area contributed by atoms with Crippen LogP contribution in [0.2, 0.25) is 0 Å². The van der Waals surface area contributed by atoms with Crippen molar-refractivity contribution in [3.05, 3.63) is 39.9 Å². The minimum atomic E-state index is -2.44. The maximum atomic E-state index is 11.1. The molecule has 15 heavy (non-hydrogen) atoms. The predicted molar refractivity (Wildman–Crippen MR) is 51.3 cm³/mol. The average molecular weight is 230 g/mol. The van der Waals surface area contributed by atoms with Crippen molar-refractivity contribution in [3.63, 3.8) is 0 Å². The largest absolute Gasteiger partial charge is 0.289 e. The number of non-ortho nitro benzene ring substituents is 1. The van der Waals surface area contributed by atoms with E-state index in [1.54, 1.807) is 4.72 Å². The molecule has 1 rings (SSSR count). The molecule has 0 aliphatic rings. The number of carbonyl (C=O) groups excluding carboxylic acids is 1. The molecule has 0 saturated heterocycles. The van der Waals surface area contributed by atoms with E-state index in [1.165, 1.54) is 12.1 Å². The Morgan fingerprint density at radius 3 is 2.33 bits per heavy atom. The summed E-state index contributed by atoms with van der Waals surface area (Å²) in [7, 11) is 0. The van der Waals surface area contributed by atoms with Crippen molar-refractivity contribution in [2.24, 2.45) is 0 Å². The Labute approximate surface area is 86.7 Å². The molecule has 0 radical (unpaired) electrons. The van der Waals surface area contributed by atoms with Gasteiger partial charge in [0.25, 0.3) is 22.9 Å². The van der Waals surface area contributed by atoms with Gasteiger partial charge in [-0.2, -0.15) is 0 Å². The van der Waals surface area contributed by atoms with Crippen LogP contribution in [0, 0.1) is 10.1 Å². The first kappa shape index (κ1) is 11.3. The molecule has 0 aromatic heterocycles. The van der Waals surface area contributed by atoms with Gasteiger partial charge in [-0.1, -0.05) is 0 Å². The van der Waals surface area contributed by atoms with E-state index in [1.807, 2.05) is 0 Å². The number of amides is 1. The third-order valence-electron chi connectivity index (χ3n) is 1.52. The molecule has 8 heteroatoms.